The van der Waals surface area contributed by atoms with Crippen LogP contribution in [0.5, 0.6) is 0 Å². The van der Waals surface area contributed by atoms with Crippen molar-refractivity contribution in [2.75, 3.05) is 0 Å². The number of rotatable bonds is 7. The van der Waals surface area contributed by atoms with Crippen LogP contribution in [0.1, 0.15) is 56.9 Å². The van der Waals surface area contributed by atoms with Gasteiger partial charge in [-0.2, -0.15) is 4.73 Å². The molecule has 0 aliphatic carbocycles. The number of nitrogens with zero attached hydrogens (tertiary/aromatic N) is 1. The fourth-order valence-electron chi connectivity index (χ4n) is 3.90. The first kappa shape index (κ1) is 23.0. The van der Waals surface area contributed by atoms with Crippen molar-refractivity contribution in [3.05, 3.63) is 75.6 Å². The van der Waals surface area contributed by atoms with Crippen LogP contribution in [-0.2, 0) is 30.5 Å². The number of carbonyl (C=O) groups is 1. The average molecular weight is 434 g/mol. The molecule has 0 radical (unpaired) electrons. The van der Waals surface area contributed by atoms with Gasteiger partial charge in [0.1, 0.15) is 0 Å². The maximum absolute atomic E-state index is 11.7. The summed E-state index contributed by atoms with van der Waals surface area (Å²) in [7, 11) is 0. The standard InChI is InChI=1S/C27H31NO2S/c1-6-19-10-11-24(22(9-4)13-19)26-17-28(30-18(5)29)16-25(27(26)31)23-14-20(7-2)12-21(8-3)15-23/h10-17H,6-9H2,1-5H3. The fraction of sp³-hybridized carbons (Fsp3) is 0.333. The summed E-state index contributed by atoms with van der Waals surface area (Å²) in [5.41, 5.74) is 9.06. The topological polar surface area (TPSA) is 31.2 Å². The Morgan fingerprint density at radius 2 is 1.42 bits per heavy atom. The van der Waals surface area contributed by atoms with E-state index in [9.17, 15) is 4.79 Å². The number of aryl methyl sites for hydroxylation is 4. The smallest absolute Gasteiger partial charge is 0.329 e. The molecule has 0 atom stereocenters. The zero-order chi connectivity index (χ0) is 22.5. The number of pyridine rings is 1. The van der Waals surface area contributed by atoms with Crippen molar-refractivity contribution in [2.24, 2.45) is 0 Å². The molecule has 0 bridgehead atoms. The van der Waals surface area contributed by atoms with Crippen LogP contribution >= 0.6 is 12.2 Å². The van der Waals surface area contributed by atoms with Gasteiger partial charge in [0.25, 0.3) is 0 Å². The van der Waals surface area contributed by atoms with Crippen LogP contribution in [-0.4, -0.2) is 10.7 Å². The molecule has 162 valence electrons. The van der Waals surface area contributed by atoms with Crippen molar-refractivity contribution in [2.45, 2.75) is 60.3 Å². The van der Waals surface area contributed by atoms with Crippen LogP contribution < -0.4 is 4.84 Å². The molecule has 3 nitrogen and oxygen atoms in total. The van der Waals surface area contributed by atoms with Gasteiger partial charge in [-0.1, -0.05) is 76.3 Å². The zero-order valence-electron chi connectivity index (χ0n) is 19.1. The highest BCUT2D eigenvalue weighted by molar-refractivity contribution is 7.71. The molecule has 1 aromatic heterocycles. The molecule has 0 spiro atoms. The van der Waals surface area contributed by atoms with E-state index in [0.717, 1.165) is 52.4 Å². The van der Waals surface area contributed by atoms with E-state index in [2.05, 4.69) is 64.1 Å². The molecular formula is C27H31NO2S. The van der Waals surface area contributed by atoms with Gasteiger partial charge in [0.2, 0.25) is 0 Å². The van der Waals surface area contributed by atoms with Crippen molar-refractivity contribution in [1.82, 2.24) is 4.73 Å². The summed E-state index contributed by atoms with van der Waals surface area (Å²) in [4.78, 5) is 17.2. The summed E-state index contributed by atoms with van der Waals surface area (Å²) in [6.07, 6.45) is 7.46. The summed E-state index contributed by atoms with van der Waals surface area (Å²) < 4.78 is 2.28. The Kier molecular flexibility index (Phi) is 7.45. The molecule has 0 unspecified atom stereocenters. The third-order valence-corrected chi connectivity index (χ3v) is 6.10. The molecule has 0 saturated carbocycles. The number of hydrogen-bond acceptors (Lipinski definition) is 3. The minimum Gasteiger partial charge on any atom is -0.337 e. The minimum atomic E-state index is -0.368. The molecule has 0 amide bonds. The van der Waals surface area contributed by atoms with E-state index >= 15 is 0 Å². The van der Waals surface area contributed by atoms with E-state index in [1.807, 2.05) is 12.4 Å². The Morgan fingerprint density at radius 3 is 1.97 bits per heavy atom. The molecule has 0 aliphatic rings. The van der Waals surface area contributed by atoms with Gasteiger partial charge in [-0.05, 0) is 59.1 Å². The highest BCUT2D eigenvalue weighted by Gasteiger charge is 2.14. The molecule has 1 heterocycles. The van der Waals surface area contributed by atoms with E-state index in [1.54, 1.807) is 0 Å². The molecule has 0 fully saturated rings. The molecular weight excluding hydrogens is 402 g/mol. The molecule has 3 aromatic rings. The van der Waals surface area contributed by atoms with Crippen LogP contribution in [0.3, 0.4) is 0 Å². The summed E-state index contributed by atoms with van der Waals surface area (Å²) >= 11 is 6.00. The van der Waals surface area contributed by atoms with E-state index < -0.39 is 0 Å². The van der Waals surface area contributed by atoms with E-state index in [4.69, 9.17) is 17.1 Å². The largest absolute Gasteiger partial charge is 0.337 e. The number of aromatic nitrogens is 1. The fourth-order valence-corrected chi connectivity index (χ4v) is 4.23. The van der Waals surface area contributed by atoms with Crippen LogP contribution in [0.4, 0.5) is 0 Å². The molecule has 3 rings (SSSR count). The maximum Gasteiger partial charge on any atom is 0.329 e. The molecule has 0 aliphatic heterocycles. The maximum atomic E-state index is 11.7. The Labute approximate surface area is 190 Å². The number of hydrogen-bond donors (Lipinski definition) is 0. The minimum absolute atomic E-state index is 0.368. The lowest BCUT2D eigenvalue weighted by Crippen LogP contribution is -2.17. The Balaban J connectivity index is 2.30. The number of carbonyl (C=O) groups excluding carboxylic acids is 1. The van der Waals surface area contributed by atoms with Crippen LogP contribution in [0.2, 0.25) is 0 Å². The third-order valence-electron chi connectivity index (χ3n) is 5.66. The SMILES string of the molecule is CCc1cc(CC)cc(-c2cn(OC(C)=O)cc(-c3ccc(CC)cc3CC)c2=S)c1. The second-order valence-electron chi connectivity index (χ2n) is 7.80. The lowest BCUT2D eigenvalue weighted by Gasteiger charge is -2.16. The van der Waals surface area contributed by atoms with Gasteiger partial charge in [0, 0.05) is 18.1 Å². The zero-order valence-corrected chi connectivity index (χ0v) is 19.9. The van der Waals surface area contributed by atoms with Crippen molar-refractivity contribution in [1.29, 1.82) is 0 Å². The summed E-state index contributed by atoms with van der Waals surface area (Å²) in [5, 5.41) is 0. The van der Waals surface area contributed by atoms with Gasteiger partial charge in [0.15, 0.2) is 0 Å². The highest BCUT2D eigenvalue weighted by atomic mass is 32.1. The van der Waals surface area contributed by atoms with Crippen molar-refractivity contribution < 1.29 is 9.63 Å². The lowest BCUT2D eigenvalue weighted by molar-refractivity contribution is -0.141. The van der Waals surface area contributed by atoms with E-state index in [1.165, 1.54) is 33.9 Å². The number of benzene rings is 2. The van der Waals surface area contributed by atoms with Gasteiger partial charge in [-0.3, -0.25) is 0 Å². The Bertz CT molecular complexity index is 1140. The Morgan fingerprint density at radius 1 is 0.806 bits per heavy atom. The third kappa shape index (κ3) is 5.13. The monoisotopic (exact) mass is 433 g/mol. The van der Waals surface area contributed by atoms with Gasteiger partial charge >= 0.3 is 5.97 Å². The van der Waals surface area contributed by atoms with E-state index in [-0.39, 0.29) is 5.97 Å². The summed E-state index contributed by atoms with van der Waals surface area (Å²) in [6.45, 7) is 10.0. The van der Waals surface area contributed by atoms with Crippen molar-refractivity contribution in [3.8, 4) is 22.3 Å². The molecule has 0 saturated heterocycles. The Hall–Kier alpha value is -2.72. The summed E-state index contributed by atoms with van der Waals surface area (Å²) in [5.74, 6) is -0.368. The van der Waals surface area contributed by atoms with Crippen molar-refractivity contribution >= 4 is 18.2 Å². The molecule has 2 aromatic carbocycles. The van der Waals surface area contributed by atoms with E-state index in [0.29, 0.717) is 0 Å². The molecule has 4 heteroatoms. The first-order chi connectivity index (χ1) is 14.9. The van der Waals surface area contributed by atoms with Crippen LogP contribution in [0, 0.1) is 4.51 Å². The second kappa shape index (κ2) is 10.1. The lowest BCUT2D eigenvalue weighted by atomic mass is 9.93. The first-order valence-electron chi connectivity index (χ1n) is 11.1. The normalized spacial score (nSPS) is 10.9. The van der Waals surface area contributed by atoms with Crippen LogP contribution in [0.25, 0.3) is 22.3 Å². The highest BCUT2D eigenvalue weighted by Crippen LogP contribution is 2.33. The predicted molar refractivity (Wildman–Crippen MR) is 131 cm³/mol. The average Bonchev–Trinajstić information content (AvgIpc) is 2.78. The quantitative estimate of drug-likeness (QED) is 0.385. The van der Waals surface area contributed by atoms with Gasteiger partial charge in [-0.15, -0.1) is 0 Å². The summed E-state index contributed by atoms with van der Waals surface area (Å²) in [6, 6.07) is 13.2. The van der Waals surface area contributed by atoms with Crippen LogP contribution in [0.15, 0.2) is 48.8 Å². The first-order valence-corrected chi connectivity index (χ1v) is 11.5. The molecule has 0 N–H and O–H groups in total. The van der Waals surface area contributed by atoms with Gasteiger partial charge in [0.05, 0.1) is 16.9 Å². The van der Waals surface area contributed by atoms with Gasteiger partial charge in [-0.25, -0.2) is 4.79 Å². The predicted octanol–water partition coefficient (Wildman–Crippen LogP) is 6.78. The van der Waals surface area contributed by atoms with Crippen molar-refractivity contribution in [3.63, 3.8) is 0 Å². The molecule has 31 heavy (non-hydrogen) atoms. The second-order valence-corrected chi connectivity index (χ2v) is 8.21. The van der Waals surface area contributed by atoms with Gasteiger partial charge < -0.3 is 4.84 Å².